The van der Waals surface area contributed by atoms with Crippen molar-refractivity contribution in [2.75, 3.05) is 23.3 Å². The number of anilines is 2. The van der Waals surface area contributed by atoms with Crippen LogP contribution in [0.3, 0.4) is 0 Å². The van der Waals surface area contributed by atoms with Gasteiger partial charge in [0.1, 0.15) is 22.5 Å². The van der Waals surface area contributed by atoms with Crippen molar-refractivity contribution in [2.24, 2.45) is 0 Å². The Morgan fingerprint density at radius 3 is 3.04 bits per heavy atom. The molecule has 124 valence electrons. The number of carbonyl (C=O) groups is 1. The van der Waals surface area contributed by atoms with Gasteiger partial charge in [0.2, 0.25) is 0 Å². The van der Waals surface area contributed by atoms with Crippen molar-refractivity contribution in [3.05, 3.63) is 41.3 Å². The van der Waals surface area contributed by atoms with Crippen molar-refractivity contribution in [2.45, 2.75) is 19.4 Å². The SMILES string of the molecule is Cc1nsc(NC(=O)NC2CCN(c3ccccc3F)C2)c1C#N. The minimum absolute atomic E-state index is 0.0795. The summed E-state index contributed by atoms with van der Waals surface area (Å²) >= 11 is 1.08. The molecule has 1 unspecified atom stereocenters. The minimum Gasteiger partial charge on any atom is -0.367 e. The van der Waals surface area contributed by atoms with E-state index in [0.29, 0.717) is 35.0 Å². The van der Waals surface area contributed by atoms with E-state index in [9.17, 15) is 9.18 Å². The molecule has 0 spiro atoms. The van der Waals surface area contributed by atoms with E-state index in [1.807, 2.05) is 11.0 Å². The molecular formula is C16H16FN5OS. The predicted molar refractivity (Wildman–Crippen MR) is 90.7 cm³/mol. The smallest absolute Gasteiger partial charge is 0.320 e. The number of carbonyl (C=O) groups excluding carboxylic acids is 1. The summed E-state index contributed by atoms with van der Waals surface area (Å²) in [5, 5.41) is 15.0. The molecule has 1 fully saturated rings. The minimum atomic E-state index is -0.379. The lowest BCUT2D eigenvalue weighted by Crippen LogP contribution is -2.39. The van der Waals surface area contributed by atoms with Gasteiger partial charge < -0.3 is 10.2 Å². The maximum atomic E-state index is 13.8. The summed E-state index contributed by atoms with van der Waals surface area (Å²) in [5.74, 6) is -0.263. The van der Waals surface area contributed by atoms with E-state index in [0.717, 1.165) is 18.0 Å². The first-order chi connectivity index (χ1) is 11.6. The number of nitriles is 1. The summed E-state index contributed by atoms with van der Waals surface area (Å²) in [6.07, 6.45) is 0.731. The van der Waals surface area contributed by atoms with Gasteiger partial charge in [0, 0.05) is 19.1 Å². The molecule has 1 saturated heterocycles. The van der Waals surface area contributed by atoms with Crippen molar-refractivity contribution in [3.63, 3.8) is 0 Å². The summed E-state index contributed by atoms with van der Waals surface area (Å²) in [7, 11) is 0. The molecular weight excluding hydrogens is 329 g/mol. The van der Waals surface area contributed by atoms with E-state index < -0.39 is 0 Å². The van der Waals surface area contributed by atoms with Crippen molar-refractivity contribution < 1.29 is 9.18 Å². The quantitative estimate of drug-likeness (QED) is 0.896. The summed E-state index contributed by atoms with van der Waals surface area (Å²) in [6, 6.07) is 8.18. The number of aryl methyl sites for hydroxylation is 1. The van der Waals surface area contributed by atoms with Crippen LogP contribution < -0.4 is 15.5 Å². The fourth-order valence-corrected chi connectivity index (χ4v) is 3.46. The maximum absolute atomic E-state index is 13.8. The number of amides is 2. The highest BCUT2D eigenvalue weighted by Gasteiger charge is 2.26. The van der Waals surface area contributed by atoms with Gasteiger partial charge in [-0.3, -0.25) is 5.32 Å². The Kier molecular flexibility index (Phi) is 4.62. The summed E-state index contributed by atoms with van der Waals surface area (Å²) in [4.78, 5) is 14.0. The van der Waals surface area contributed by atoms with Crippen LogP contribution in [0.5, 0.6) is 0 Å². The van der Waals surface area contributed by atoms with Gasteiger partial charge in [-0.15, -0.1) is 0 Å². The number of nitrogens with one attached hydrogen (secondary N) is 2. The average Bonchev–Trinajstić information content (AvgIpc) is 3.14. The zero-order valence-electron chi connectivity index (χ0n) is 13.0. The van der Waals surface area contributed by atoms with E-state index in [1.54, 1.807) is 25.1 Å². The monoisotopic (exact) mass is 345 g/mol. The number of rotatable bonds is 3. The zero-order valence-corrected chi connectivity index (χ0v) is 13.9. The van der Waals surface area contributed by atoms with E-state index in [2.05, 4.69) is 15.0 Å². The predicted octanol–water partition coefficient (Wildman–Crippen LogP) is 2.86. The van der Waals surface area contributed by atoms with Crippen molar-refractivity contribution in [1.82, 2.24) is 9.69 Å². The molecule has 24 heavy (non-hydrogen) atoms. The molecule has 3 rings (SSSR count). The molecule has 0 aliphatic carbocycles. The Balaban J connectivity index is 1.58. The van der Waals surface area contributed by atoms with Gasteiger partial charge in [0.05, 0.1) is 11.4 Å². The molecule has 1 aliphatic rings. The van der Waals surface area contributed by atoms with Gasteiger partial charge in [-0.25, -0.2) is 9.18 Å². The first kappa shape index (κ1) is 16.2. The Hall–Kier alpha value is -2.66. The third kappa shape index (κ3) is 3.31. The molecule has 1 aromatic heterocycles. The van der Waals surface area contributed by atoms with Crippen molar-refractivity contribution in [1.29, 1.82) is 5.26 Å². The molecule has 1 aromatic carbocycles. The van der Waals surface area contributed by atoms with Gasteiger partial charge in [-0.2, -0.15) is 9.64 Å². The molecule has 8 heteroatoms. The second kappa shape index (κ2) is 6.84. The number of urea groups is 1. The number of hydrogen-bond acceptors (Lipinski definition) is 5. The highest BCUT2D eigenvalue weighted by molar-refractivity contribution is 7.10. The third-order valence-corrected chi connectivity index (χ3v) is 4.77. The normalized spacial score (nSPS) is 16.7. The highest BCUT2D eigenvalue weighted by Crippen LogP contribution is 2.25. The number of nitrogens with zero attached hydrogens (tertiary/aromatic N) is 3. The van der Waals surface area contributed by atoms with Crippen LogP contribution in [0.2, 0.25) is 0 Å². The van der Waals surface area contributed by atoms with Crippen molar-refractivity contribution >= 4 is 28.3 Å². The fraction of sp³-hybridized carbons (Fsp3) is 0.312. The summed E-state index contributed by atoms with van der Waals surface area (Å²) in [5.41, 5.74) is 1.53. The molecule has 0 saturated carbocycles. The van der Waals surface area contributed by atoms with Crippen LogP contribution in [0.1, 0.15) is 17.7 Å². The lowest BCUT2D eigenvalue weighted by molar-refractivity contribution is 0.249. The first-order valence-corrected chi connectivity index (χ1v) is 8.29. The number of hydrogen-bond donors (Lipinski definition) is 2. The second-order valence-electron chi connectivity index (χ2n) is 5.57. The Morgan fingerprint density at radius 1 is 1.50 bits per heavy atom. The number of benzene rings is 1. The summed E-state index contributed by atoms with van der Waals surface area (Å²) < 4.78 is 17.9. The standard InChI is InChI=1S/C16H16FN5OS/c1-10-12(8-18)15(24-21-10)20-16(23)19-11-6-7-22(9-11)14-5-3-2-4-13(14)17/h2-5,11H,6-7,9H2,1H3,(H2,19,20,23). The van der Waals surface area contributed by atoms with Crippen LogP contribution in [0.4, 0.5) is 19.9 Å². The van der Waals surface area contributed by atoms with E-state index in [-0.39, 0.29) is 17.9 Å². The fourth-order valence-electron chi connectivity index (χ4n) is 2.72. The van der Waals surface area contributed by atoms with E-state index in [1.165, 1.54) is 6.07 Å². The van der Waals surface area contributed by atoms with Crippen molar-refractivity contribution in [3.8, 4) is 6.07 Å². The van der Waals surface area contributed by atoms with Crippen LogP contribution in [0, 0.1) is 24.1 Å². The second-order valence-corrected chi connectivity index (χ2v) is 6.34. The number of para-hydroxylation sites is 1. The maximum Gasteiger partial charge on any atom is 0.320 e. The Morgan fingerprint density at radius 2 is 2.29 bits per heavy atom. The lowest BCUT2D eigenvalue weighted by Gasteiger charge is -2.19. The van der Waals surface area contributed by atoms with Crippen LogP contribution in [0.25, 0.3) is 0 Å². The van der Waals surface area contributed by atoms with Gasteiger partial charge >= 0.3 is 6.03 Å². The average molecular weight is 345 g/mol. The topological polar surface area (TPSA) is 81.1 Å². The highest BCUT2D eigenvalue weighted by atomic mass is 32.1. The first-order valence-electron chi connectivity index (χ1n) is 7.52. The lowest BCUT2D eigenvalue weighted by atomic mass is 10.2. The number of halogens is 1. The van der Waals surface area contributed by atoms with E-state index >= 15 is 0 Å². The Labute approximate surface area is 143 Å². The number of aromatic nitrogens is 1. The van der Waals surface area contributed by atoms with Crippen LogP contribution >= 0.6 is 11.5 Å². The zero-order chi connectivity index (χ0) is 17.1. The Bertz CT molecular complexity index is 800. The van der Waals surface area contributed by atoms with Gasteiger partial charge in [0.25, 0.3) is 0 Å². The largest absolute Gasteiger partial charge is 0.367 e. The molecule has 2 N–H and O–H groups in total. The van der Waals surface area contributed by atoms with Crippen LogP contribution in [-0.4, -0.2) is 29.5 Å². The molecule has 1 aliphatic heterocycles. The molecule has 0 bridgehead atoms. The van der Waals surface area contributed by atoms with Crippen LogP contribution in [-0.2, 0) is 0 Å². The van der Waals surface area contributed by atoms with Crippen LogP contribution in [0.15, 0.2) is 24.3 Å². The molecule has 2 aromatic rings. The van der Waals surface area contributed by atoms with E-state index in [4.69, 9.17) is 5.26 Å². The third-order valence-electron chi connectivity index (χ3n) is 3.92. The van der Waals surface area contributed by atoms with Gasteiger partial charge in [-0.1, -0.05) is 12.1 Å². The molecule has 1 atom stereocenters. The molecule has 6 nitrogen and oxygen atoms in total. The van der Waals surface area contributed by atoms with Gasteiger partial charge in [-0.05, 0) is 37.0 Å². The molecule has 0 radical (unpaired) electrons. The van der Waals surface area contributed by atoms with Gasteiger partial charge in [0.15, 0.2) is 0 Å². The summed E-state index contributed by atoms with van der Waals surface area (Å²) in [6.45, 7) is 2.94. The molecule has 2 amide bonds. The molecule has 2 heterocycles.